The first-order valence-electron chi connectivity index (χ1n) is 2.87. The normalized spacial score (nSPS) is 15.3. The van der Waals surface area contributed by atoms with Crippen LogP contribution < -0.4 is 0 Å². The molecule has 0 aromatic rings. The number of aliphatic carboxylic acids is 1. The number of carboxylic acid groups (broad SMARTS) is 1. The number of nitriles is 1. The number of hydrogen-bond acceptors (Lipinski definition) is 3. The van der Waals surface area contributed by atoms with E-state index in [0.29, 0.717) is 0 Å². The van der Waals surface area contributed by atoms with Crippen molar-refractivity contribution in [3.8, 4) is 6.07 Å². The first-order valence-corrected chi connectivity index (χ1v) is 2.87. The molecule has 0 aliphatic heterocycles. The molecular weight excluding hydrogens is 134 g/mol. The second-order valence-corrected chi connectivity index (χ2v) is 2.06. The third-order valence-electron chi connectivity index (χ3n) is 1.27. The van der Waals surface area contributed by atoms with E-state index in [1.807, 2.05) is 0 Å². The van der Waals surface area contributed by atoms with E-state index in [1.165, 1.54) is 6.92 Å². The van der Waals surface area contributed by atoms with E-state index in [2.05, 4.69) is 0 Å². The zero-order chi connectivity index (χ0) is 8.15. The van der Waals surface area contributed by atoms with Crippen molar-refractivity contribution in [3.05, 3.63) is 0 Å². The van der Waals surface area contributed by atoms with Gasteiger partial charge in [-0.2, -0.15) is 5.26 Å². The van der Waals surface area contributed by atoms with Gasteiger partial charge in [-0.15, -0.1) is 0 Å². The van der Waals surface area contributed by atoms with Crippen LogP contribution in [0.3, 0.4) is 0 Å². The molecule has 0 aliphatic carbocycles. The lowest BCUT2D eigenvalue weighted by Gasteiger charge is -2.09. The maximum atomic E-state index is 10.1. The highest BCUT2D eigenvalue weighted by Crippen LogP contribution is 2.05. The minimum absolute atomic E-state index is 0.131. The average Bonchev–Trinajstić information content (AvgIpc) is 1.87. The van der Waals surface area contributed by atoms with Crippen LogP contribution in [0.4, 0.5) is 0 Å². The number of nitrogens with zero attached hydrogens (tertiary/aromatic N) is 1. The van der Waals surface area contributed by atoms with Gasteiger partial charge in [0.25, 0.3) is 0 Å². The first-order chi connectivity index (χ1) is 4.59. The van der Waals surface area contributed by atoms with Crippen LogP contribution in [0.25, 0.3) is 0 Å². The van der Waals surface area contributed by atoms with Gasteiger partial charge in [0.15, 0.2) is 0 Å². The van der Waals surface area contributed by atoms with Gasteiger partial charge >= 0.3 is 5.97 Å². The van der Waals surface area contributed by atoms with E-state index in [9.17, 15) is 4.79 Å². The number of aliphatic hydroxyl groups excluding tert-OH is 1. The second-order valence-electron chi connectivity index (χ2n) is 2.06. The minimum Gasteiger partial charge on any atom is -0.481 e. The molecule has 2 unspecified atom stereocenters. The molecule has 4 nitrogen and oxygen atoms in total. The standard InChI is InChI=1S/C6H9NO3/c1-4(6(9)10)5(8)2-3-7/h4-5,8H,2H2,1H3,(H,9,10). The molecule has 0 saturated carbocycles. The largest absolute Gasteiger partial charge is 0.481 e. The van der Waals surface area contributed by atoms with Crippen LogP contribution in [0.15, 0.2) is 0 Å². The van der Waals surface area contributed by atoms with E-state index in [0.717, 1.165) is 0 Å². The molecule has 2 atom stereocenters. The van der Waals surface area contributed by atoms with Crippen molar-refractivity contribution in [1.29, 1.82) is 5.26 Å². The zero-order valence-electron chi connectivity index (χ0n) is 5.61. The van der Waals surface area contributed by atoms with E-state index >= 15 is 0 Å². The molecule has 0 fully saturated rings. The van der Waals surface area contributed by atoms with Crippen molar-refractivity contribution >= 4 is 5.97 Å². The third kappa shape index (κ3) is 2.46. The third-order valence-corrected chi connectivity index (χ3v) is 1.27. The lowest BCUT2D eigenvalue weighted by Crippen LogP contribution is -2.24. The minimum atomic E-state index is -1.08. The van der Waals surface area contributed by atoms with Crippen molar-refractivity contribution < 1.29 is 15.0 Å². The molecule has 0 spiro atoms. The smallest absolute Gasteiger partial charge is 0.308 e. The second kappa shape index (κ2) is 3.85. The van der Waals surface area contributed by atoms with Gasteiger partial charge in [0.2, 0.25) is 0 Å². The predicted octanol–water partition coefficient (Wildman–Crippen LogP) is -0.0183. The Hall–Kier alpha value is -1.08. The number of carbonyl (C=O) groups is 1. The summed E-state index contributed by atoms with van der Waals surface area (Å²) < 4.78 is 0. The molecule has 0 saturated heterocycles. The predicted molar refractivity (Wildman–Crippen MR) is 33.0 cm³/mol. The summed E-state index contributed by atoms with van der Waals surface area (Å²) in [7, 11) is 0. The molecule has 2 N–H and O–H groups in total. The highest BCUT2D eigenvalue weighted by Gasteiger charge is 2.20. The van der Waals surface area contributed by atoms with Crippen LogP contribution in [0, 0.1) is 17.2 Å². The number of hydrogen-bond donors (Lipinski definition) is 2. The molecule has 0 amide bonds. The molecule has 0 radical (unpaired) electrons. The van der Waals surface area contributed by atoms with Crippen molar-refractivity contribution in [2.24, 2.45) is 5.92 Å². The van der Waals surface area contributed by atoms with Gasteiger partial charge < -0.3 is 10.2 Å². The molecule has 0 rings (SSSR count). The Bertz CT molecular complexity index is 161. The van der Waals surface area contributed by atoms with E-state index < -0.39 is 18.0 Å². The van der Waals surface area contributed by atoms with Crippen LogP contribution in [-0.4, -0.2) is 22.3 Å². The van der Waals surface area contributed by atoms with Gasteiger partial charge in [-0.05, 0) is 6.92 Å². The van der Waals surface area contributed by atoms with Crippen molar-refractivity contribution in [1.82, 2.24) is 0 Å². The highest BCUT2D eigenvalue weighted by atomic mass is 16.4. The average molecular weight is 143 g/mol. The van der Waals surface area contributed by atoms with Crippen LogP contribution in [-0.2, 0) is 4.79 Å². The molecule has 56 valence electrons. The van der Waals surface area contributed by atoms with Gasteiger partial charge in [-0.1, -0.05) is 0 Å². The monoisotopic (exact) mass is 143 g/mol. The van der Waals surface area contributed by atoms with Crippen molar-refractivity contribution in [3.63, 3.8) is 0 Å². The van der Waals surface area contributed by atoms with Crippen LogP contribution in [0.2, 0.25) is 0 Å². The summed E-state index contributed by atoms with van der Waals surface area (Å²) in [6, 6.07) is 1.69. The lowest BCUT2D eigenvalue weighted by molar-refractivity contribution is -0.144. The maximum absolute atomic E-state index is 10.1. The molecule has 0 bridgehead atoms. The Morgan fingerprint density at radius 3 is 2.60 bits per heavy atom. The van der Waals surface area contributed by atoms with Gasteiger partial charge in [-0.3, -0.25) is 4.79 Å². The van der Waals surface area contributed by atoms with E-state index in [4.69, 9.17) is 15.5 Å². The van der Waals surface area contributed by atoms with Crippen LogP contribution in [0.1, 0.15) is 13.3 Å². The summed E-state index contributed by atoms with van der Waals surface area (Å²) in [4.78, 5) is 10.1. The summed E-state index contributed by atoms with van der Waals surface area (Å²) in [5, 5.41) is 25.3. The fraction of sp³-hybridized carbons (Fsp3) is 0.667. The Kier molecular flexibility index (Phi) is 3.44. The summed E-state index contributed by atoms with van der Waals surface area (Å²) in [6.45, 7) is 1.37. The number of rotatable bonds is 3. The van der Waals surface area contributed by atoms with Gasteiger partial charge in [0.05, 0.1) is 24.5 Å². The molecule has 0 aromatic heterocycles. The molecule has 0 aliphatic rings. The Morgan fingerprint density at radius 2 is 2.30 bits per heavy atom. The summed E-state index contributed by atoms with van der Waals surface area (Å²) >= 11 is 0. The molecule has 10 heavy (non-hydrogen) atoms. The maximum Gasteiger partial charge on any atom is 0.308 e. The SMILES string of the molecule is CC(C(=O)O)C(O)CC#N. The van der Waals surface area contributed by atoms with Crippen molar-refractivity contribution in [2.75, 3.05) is 0 Å². The quantitative estimate of drug-likeness (QED) is 0.581. The summed E-state index contributed by atoms with van der Waals surface area (Å²) in [5.41, 5.74) is 0. The molecular formula is C6H9NO3. The summed E-state index contributed by atoms with van der Waals surface area (Å²) in [5.74, 6) is -1.94. The van der Waals surface area contributed by atoms with Gasteiger partial charge in [0, 0.05) is 0 Å². The molecule has 4 heteroatoms. The molecule has 0 aromatic carbocycles. The fourth-order valence-corrected chi connectivity index (χ4v) is 0.435. The lowest BCUT2D eigenvalue weighted by atomic mass is 10.0. The van der Waals surface area contributed by atoms with E-state index in [-0.39, 0.29) is 6.42 Å². The molecule has 0 heterocycles. The fourth-order valence-electron chi connectivity index (χ4n) is 0.435. The Balaban J connectivity index is 3.84. The van der Waals surface area contributed by atoms with Crippen LogP contribution >= 0.6 is 0 Å². The zero-order valence-corrected chi connectivity index (χ0v) is 5.61. The first kappa shape index (κ1) is 8.92. The van der Waals surface area contributed by atoms with Gasteiger partial charge in [-0.25, -0.2) is 0 Å². The number of carboxylic acids is 1. The highest BCUT2D eigenvalue weighted by molar-refractivity contribution is 5.70. The Labute approximate surface area is 58.7 Å². The number of aliphatic hydroxyl groups is 1. The Morgan fingerprint density at radius 1 is 1.80 bits per heavy atom. The van der Waals surface area contributed by atoms with Crippen molar-refractivity contribution in [2.45, 2.75) is 19.4 Å². The van der Waals surface area contributed by atoms with Crippen LogP contribution in [0.5, 0.6) is 0 Å². The van der Waals surface area contributed by atoms with Gasteiger partial charge in [0.1, 0.15) is 0 Å². The van der Waals surface area contributed by atoms with E-state index in [1.54, 1.807) is 6.07 Å². The summed E-state index contributed by atoms with van der Waals surface area (Å²) in [6.07, 6.45) is -1.18. The topological polar surface area (TPSA) is 81.3 Å².